The summed E-state index contributed by atoms with van der Waals surface area (Å²) < 4.78 is 5.29. The first-order valence-electron chi connectivity index (χ1n) is 6.99. The van der Waals surface area contributed by atoms with Gasteiger partial charge in [0.2, 0.25) is 0 Å². The fourth-order valence-corrected chi connectivity index (χ4v) is 1.55. The smallest absolute Gasteiger partial charge is 0.321 e. The average molecular weight is 293 g/mol. The third-order valence-corrected chi connectivity index (χ3v) is 2.77. The van der Waals surface area contributed by atoms with Crippen LogP contribution in [0.1, 0.15) is 20.3 Å². The fraction of sp³-hybridized carbons (Fsp3) is 0.467. The van der Waals surface area contributed by atoms with Gasteiger partial charge in [-0.25, -0.2) is 4.79 Å². The molecule has 21 heavy (non-hydrogen) atoms. The number of rotatable bonds is 7. The van der Waals surface area contributed by atoms with Crippen LogP contribution in [-0.4, -0.2) is 32.1 Å². The number of hydrogen-bond donors (Lipinski definition) is 3. The first-order chi connectivity index (χ1) is 10.0. The first kappa shape index (κ1) is 16.8. The molecule has 0 aliphatic rings. The molecule has 0 unspecified atom stereocenters. The van der Waals surface area contributed by atoms with Crippen LogP contribution in [0.15, 0.2) is 24.3 Å². The Bertz CT molecular complexity index is 458. The van der Waals surface area contributed by atoms with Crippen LogP contribution in [0.25, 0.3) is 0 Å². The third kappa shape index (κ3) is 7.20. The molecule has 0 radical (unpaired) electrons. The highest BCUT2D eigenvalue weighted by Crippen LogP contribution is 2.14. The maximum Gasteiger partial charge on any atom is 0.321 e. The van der Waals surface area contributed by atoms with Gasteiger partial charge < -0.3 is 15.4 Å². The summed E-state index contributed by atoms with van der Waals surface area (Å²) in [4.78, 5) is 23.0. The Hall–Kier alpha value is -2.24. The molecule has 1 rings (SSSR count). The number of amides is 3. The van der Waals surface area contributed by atoms with E-state index in [-0.39, 0.29) is 6.61 Å². The molecule has 0 saturated carbocycles. The van der Waals surface area contributed by atoms with E-state index in [0.717, 1.165) is 12.1 Å². The van der Waals surface area contributed by atoms with E-state index in [2.05, 4.69) is 29.8 Å². The molecule has 0 heterocycles. The van der Waals surface area contributed by atoms with Crippen LogP contribution in [0.4, 0.5) is 10.5 Å². The van der Waals surface area contributed by atoms with Gasteiger partial charge in [-0.05, 0) is 36.6 Å². The number of nitrogens with one attached hydrogen (secondary N) is 3. The van der Waals surface area contributed by atoms with Crippen LogP contribution in [0.5, 0.6) is 5.75 Å². The van der Waals surface area contributed by atoms with Crippen molar-refractivity contribution in [3.05, 3.63) is 24.3 Å². The fourth-order valence-electron chi connectivity index (χ4n) is 1.55. The van der Waals surface area contributed by atoms with Crippen LogP contribution >= 0.6 is 0 Å². The van der Waals surface area contributed by atoms with Gasteiger partial charge in [0.25, 0.3) is 5.91 Å². The monoisotopic (exact) mass is 293 g/mol. The lowest BCUT2D eigenvalue weighted by Crippen LogP contribution is -2.42. The summed E-state index contributed by atoms with van der Waals surface area (Å²) in [6.07, 6.45) is 0.871. The standard InChI is InChI=1S/C15H23N3O3/c1-11(2)8-9-17-15(20)18-14(19)10-21-13-6-4-12(16-3)5-7-13/h4-7,11,16H,8-10H2,1-3H3,(H2,17,18,19,20). The van der Waals surface area contributed by atoms with Gasteiger partial charge in [-0.3, -0.25) is 10.1 Å². The Morgan fingerprint density at radius 1 is 1.19 bits per heavy atom. The minimum Gasteiger partial charge on any atom is -0.484 e. The molecule has 6 nitrogen and oxygen atoms in total. The second kappa shape index (κ2) is 8.84. The number of anilines is 1. The van der Waals surface area contributed by atoms with E-state index in [9.17, 15) is 9.59 Å². The van der Waals surface area contributed by atoms with Gasteiger partial charge in [0.05, 0.1) is 0 Å². The second-order valence-corrected chi connectivity index (χ2v) is 5.05. The summed E-state index contributed by atoms with van der Waals surface area (Å²) in [6, 6.07) is 6.69. The normalized spacial score (nSPS) is 10.1. The molecule has 0 aliphatic carbocycles. The molecule has 0 bridgehead atoms. The summed E-state index contributed by atoms with van der Waals surface area (Å²) in [7, 11) is 1.82. The van der Waals surface area contributed by atoms with E-state index >= 15 is 0 Å². The molecule has 3 amide bonds. The molecule has 3 N–H and O–H groups in total. The molecule has 0 atom stereocenters. The number of carbonyl (C=O) groups is 2. The molecule has 0 aromatic heterocycles. The van der Waals surface area contributed by atoms with Crippen LogP contribution < -0.4 is 20.7 Å². The van der Waals surface area contributed by atoms with Gasteiger partial charge in [0.15, 0.2) is 6.61 Å². The highest BCUT2D eigenvalue weighted by molar-refractivity contribution is 5.94. The van der Waals surface area contributed by atoms with Crippen LogP contribution in [0, 0.1) is 5.92 Å². The largest absolute Gasteiger partial charge is 0.484 e. The van der Waals surface area contributed by atoms with E-state index < -0.39 is 11.9 Å². The Balaban J connectivity index is 2.25. The van der Waals surface area contributed by atoms with Crippen LogP contribution in [-0.2, 0) is 4.79 Å². The zero-order chi connectivity index (χ0) is 15.7. The molecule has 1 aromatic carbocycles. The summed E-state index contributed by atoms with van der Waals surface area (Å²) in [5.74, 6) is 0.601. The van der Waals surface area contributed by atoms with E-state index in [1.807, 2.05) is 19.2 Å². The second-order valence-electron chi connectivity index (χ2n) is 5.05. The highest BCUT2D eigenvalue weighted by atomic mass is 16.5. The molecule has 0 fully saturated rings. The molecule has 1 aromatic rings. The summed E-state index contributed by atoms with van der Waals surface area (Å²) >= 11 is 0. The molecular formula is C15H23N3O3. The maximum absolute atomic E-state index is 11.5. The van der Waals surface area contributed by atoms with Crippen molar-refractivity contribution in [1.82, 2.24) is 10.6 Å². The van der Waals surface area contributed by atoms with E-state index in [1.165, 1.54) is 0 Å². The minimum absolute atomic E-state index is 0.198. The van der Waals surface area contributed by atoms with Crippen LogP contribution in [0.3, 0.4) is 0 Å². The topological polar surface area (TPSA) is 79.5 Å². The van der Waals surface area contributed by atoms with Gasteiger partial charge in [-0.1, -0.05) is 13.8 Å². The summed E-state index contributed by atoms with van der Waals surface area (Å²) in [5.41, 5.74) is 0.955. The molecule has 0 aliphatic heterocycles. The molecular weight excluding hydrogens is 270 g/mol. The Morgan fingerprint density at radius 3 is 2.43 bits per heavy atom. The lowest BCUT2D eigenvalue weighted by Gasteiger charge is -2.09. The zero-order valence-corrected chi connectivity index (χ0v) is 12.7. The van der Waals surface area contributed by atoms with Crippen molar-refractivity contribution < 1.29 is 14.3 Å². The minimum atomic E-state index is -0.491. The molecule has 0 saturated heterocycles. The van der Waals surface area contributed by atoms with E-state index in [0.29, 0.717) is 18.2 Å². The Kier molecular flexibility index (Phi) is 7.08. The van der Waals surface area contributed by atoms with Crippen molar-refractivity contribution in [2.45, 2.75) is 20.3 Å². The van der Waals surface area contributed by atoms with Crippen molar-refractivity contribution in [2.75, 3.05) is 25.5 Å². The van der Waals surface area contributed by atoms with Gasteiger partial charge in [0, 0.05) is 19.3 Å². The number of urea groups is 1. The quantitative estimate of drug-likeness (QED) is 0.718. The van der Waals surface area contributed by atoms with Crippen molar-refractivity contribution >= 4 is 17.6 Å². The lowest BCUT2D eigenvalue weighted by molar-refractivity contribution is -0.122. The number of hydrogen-bond acceptors (Lipinski definition) is 4. The average Bonchev–Trinajstić information content (AvgIpc) is 2.45. The summed E-state index contributed by atoms with van der Waals surface area (Å²) in [6.45, 7) is 4.48. The highest BCUT2D eigenvalue weighted by Gasteiger charge is 2.08. The van der Waals surface area contributed by atoms with Crippen molar-refractivity contribution in [3.63, 3.8) is 0 Å². The number of imide groups is 1. The maximum atomic E-state index is 11.5. The third-order valence-electron chi connectivity index (χ3n) is 2.77. The van der Waals surface area contributed by atoms with Gasteiger partial charge in [0.1, 0.15) is 5.75 Å². The lowest BCUT2D eigenvalue weighted by atomic mass is 10.1. The molecule has 6 heteroatoms. The SMILES string of the molecule is CNc1ccc(OCC(=O)NC(=O)NCCC(C)C)cc1. The number of carbonyl (C=O) groups excluding carboxylic acids is 2. The molecule has 116 valence electrons. The Morgan fingerprint density at radius 2 is 1.86 bits per heavy atom. The van der Waals surface area contributed by atoms with Gasteiger partial charge in [-0.2, -0.15) is 0 Å². The van der Waals surface area contributed by atoms with Gasteiger partial charge >= 0.3 is 6.03 Å². The van der Waals surface area contributed by atoms with Crippen LogP contribution in [0.2, 0.25) is 0 Å². The van der Waals surface area contributed by atoms with Crippen molar-refractivity contribution in [1.29, 1.82) is 0 Å². The van der Waals surface area contributed by atoms with E-state index in [4.69, 9.17) is 4.74 Å². The van der Waals surface area contributed by atoms with Crippen molar-refractivity contribution in [3.8, 4) is 5.75 Å². The zero-order valence-electron chi connectivity index (χ0n) is 12.7. The van der Waals surface area contributed by atoms with Gasteiger partial charge in [-0.15, -0.1) is 0 Å². The predicted molar refractivity (Wildman–Crippen MR) is 82.5 cm³/mol. The predicted octanol–water partition coefficient (Wildman–Crippen LogP) is 1.98. The molecule has 0 spiro atoms. The first-order valence-corrected chi connectivity index (χ1v) is 6.99. The van der Waals surface area contributed by atoms with Crippen molar-refractivity contribution in [2.24, 2.45) is 5.92 Å². The summed E-state index contributed by atoms with van der Waals surface area (Å²) in [5, 5.41) is 7.83. The van der Waals surface area contributed by atoms with E-state index in [1.54, 1.807) is 12.1 Å². The number of benzene rings is 1. The Labute approximate surface area is 125 Å². The number of ether oxygens (including phenoxy) is 1.